The molecule has 2 heterocycles. The number of halogens is 1. The van der Waals surface area contributed by atoms with E-state index >= 15 is 0 Å². The number of esters is 1. The SMILES string of the molecule is CCC1=C(C(=O)OC)C(c2cccc(F)c2)N2C(CC(=O)N(C)Cc3ccccc3)=CSC2=N1. The highest BCUT2D eigenvalue weighted by molar-refractivity contribution is 8.16. The van der Waals surface area contributed by atoms with Crippen LogP contribution in [0.15, 0.2) is 82.0 Å². The number of allylic oxidation sites excluding steroid dienone is 1. The molecule has 1 atom stereocenters. The summed E-state index contributed by atoms with van der Waals surface area (Å²) in [6.07, 6.45) is 0.638. The lowest BCUT2D eigenvalue weighted by atomic mass is 9.92. The molecule has 0 saturated carbocycles. The minimum absolute atomic E-state index is 0.0696. The zero-order valence-electron chi connectivity index (χ0n) is 19.3. The van der Waals surface area contributed by atoms with E-state index in [1.807, 2.05) is 47.6 Å². The fraction of sp³-hybridized carbons (Fsp3) is 0.269. The van der Waals surface area contributed by atoms with Crippen LogP contribution in [0.2, 0.25) is 0 Å². The Balaban J connectivity index is 1.66. The molecule has 2 aromatic carbocycles. The van der Waals surface area contributed by atoms with Gasteiger partial charge in [-0.3, -0.25) is 4.79 Å². The first-order valence-electron chi connectivity index (χ1n) is 11.0. The van der Waals surface area contributed by atoms with Crippen LogP contribution in [0.4, 0.5) is 4.39 Å². The summed E-state index contributed by atoms with van der Waals surface area (Å²) in [5.74, 6) is -0.989. The Kier molecular flexibility index (Phi) is 7.17. The highest BCUT2D eigenvalue weighted by Crippen LogP contribution is 2.45. The molecule has 0 saturated heterocycles. The van der Waals surface area contributed by atoms with Crippen LogP contribution in [0.1, 0.15) is 36.9 Å². The van der Waals surface area contributed by atoms with Crippen LogP contribution in [0.3, 0.4) is 0 Å². The number of amides is 1. The summed E-state index contributed by atoms with van der Waals surface area (Å²) in [5, 5.41) is 2.54. The van der Waals surface area contributed by atoms with E-state index < -0.39 is 17.8 Å². The number of hydrogen-bond donors (Lipinski definition) is 0. The first kappa shape index (κ1) is 23.8. The van der Waals surface area contributed by atoms with Crippen molar-refractivity contribution in [2.45, 2.75) is 32.4 Å². The predicted molar refractivity (Wildman–Crippen MR) is 131 cm³/mol. The second kappa shape index (κ2) is 10.3. The lowest BCUT2D eigenvalue weighted by Gasteiger charge is -2.36. The van der Waals surface area contributed by atoms with Crippen molar-refractivity contribution in [2.24, 2.45) is 4.99 Å². The van der Waals surface area contributed by atoms with E-state index in [0.717, 1.165) is 5.56 Å². The molecule has 0 radical (unpaired) electrons. The van der Waals surface area contributed by atoms with E-state index in [9.17, 15) is 14.0 Å². The van der Waals surface area contributed by atoms with Gasteiger partial charge in [-0.05, 0) is 35.1 Å². The number of rotatable bonds is 7. The van der Waals surface area contributed by atoms with Gasteiger partial charge in [-0.25, -0.2) is 14.2 Å². The number of ether oxygens (including phenoxy) is 1. The van der Waals surface area contributed by atoms with E-state index in [4.69, 9.17) is 9.73 Å². The summed E-state index contributed by atoms with van der Waals surface area (Å²) < 4.78 is 19.3. The van der Waals surface area contributed by atoms with E-state index in [2.05, 4.69) is 0 Å². The first-order valence-corrected chi connectivity index (χ1v) is 11.9. The third-order valence-electron chi connectivity index (χ3n) is 5.81. The van der Waals surface area contributed by atoms with Gasteiger partial charge in [0.15, 0.2) is 5.17 Å². The molecule has 0 spiro atoms. The van der Waals surface area contributed by atoms with Crippen molar-refractivity contribution in [1.29, 1.82) is 0 Å². The van der Waals surface area contributed by atoms with Gasteiger partial charge in [0.25, 0.3) is 0 Å². The summed E-state index contributed by atoms with van der Waals surface area (Å²) in [6.45, 7) is 2.40. The van der Waals surface area contributed by atoms with Crippen molar-refractivity contribution < 1.29 is 18.7 Å². The minimum atomic E-state index is -0.640. The van der Waals surface area contributed by atoms with Gasteiger partial charge in [0.2, 0.25) is 5.91 Å². The third-order valence-corrected chi connectivity index (χ3v) is 6.70. The molecule has 176 valence electrons. The van der Waals surface area contributed by atoms with Crippen molar-refractivity contribution >= 4 is 28.8 Å². The molecule has 0 aliphatic carbocycles. The molecule has 6 nitrogen and oxygen atoms in total. The maximum Gasteiger partial charge on any atom is 0.338 e. The fourth-order valence-electron chi connectivity index (χ4n) is 4.14. The number of hydrogen-bond acceptors (Lipinski definition) is 6. The monoisotopic (exact) mass is 479 g/mol. The van der Waals surface area contributed by atoms with Gasteiger partial charge in [-0.15, -0.1) is 0 Å². The summed E-state index contributed by atoms with van der Waals surface area (Å²) in [5.41, 5.74) is 3.30. The molecule has 2 aliphatic heterocycles. The summed E-state index contributed by atoms with van der Waals surface area (Å²) in [4.78, 5) is 34.2. The van der Waals surface area contributed by atoms with Gasteiger partial charge >= 0.3 is 5.97 Å². The van der Waals surface area contributed by atoms with Crippen LogP contribution in [-0.2, 0) is 20.9 Å². The predicted octanol–water partition coefficient (Wildman–Crippen LogP) is 5.01. The Labute approximate surface area is 202 Å². The van der Waals surface area contributed by atoms with Crippen molar-refractivity contribution in [3.63, 3.8) is 0 Å². The molecule has 4 rings (SSSR count). The Morgan fingerprint density at radius 1 is 1.18 bits per heavy atom. The molecule has 1 unspecified atom stereocenters. The molecular weight excluding hydrogens is 453 g/mol. The first-order chi connectivity index (χ1) is 16.4. The van der Waals surface area contributed by atoms with Crippen LogP contribution >= 0.6 is 11.8 Å². The number of amidine groups is 1. The molecule has 2 aliphatic rings. The Hall–Kier alpha value is -3.39. The van der Waals surface area contributed by atoms with E-state index in [0.29, 0.717) is 40.7 Å². The summed E-state index contributed by atoms with van der Waals surface area (Å²) >= 11 is 1.40. The molecule has 0 aromatic heterocycles. The number of carbonyl (C=O) groups excluding carboxylic acids is 2. The number of fused-ring (bicyclic) bond motifs is 1. The largest absolute Gasteiger partial charge is 0.466 e. The molecule has 0 fully saturated rings. The third kappa shape index (κ3) is 4.77. The lowest BCUT2D eigenvalue weighted by molar-refractivity contribution is -0.136. The summed E-state index contributed by atoms with van der Waals surface area (Å²) in [7, 11) is 3.09. The zero-order chi connectivity index (χ0) is 24.2. The van der Waals surface area contributed by atoms with Gasteiger partial charge in [0.05, 0.1) is 30.8 Å². The fourth-order valence-corrected chi connectivity index (χ4v) is 5.08. The van der Waals surface area contributed by atoms with Crippen molar-refractivity contribution in [2.75, 3.05) is 14.2 Å². The maximum absolute atomic E-state index is 14.2. The average Bonchev–Trinajstić information content (AvgIpc) is 3.25. The van der Waals surface area contributed by atoms with Gasteiger partial charge in [-0.2, -0.15) is 0 Å². The topological polar surface area (TPSA) is 62.2 Å². The van der Waals surface area contributed by atoms with Gasteiger partial charge < -0.3 is 14.5 Å². The van der Waals surface area contributed by atoms with Crippen LogP contribution in [0.5, 0.6) is 0 Å². The molecular formula is C26H26FN3O3S. The lowest BCUT2D eigenvalue weighted by Crippen LogP contribution is -2.38. The van der Waals surface area contributed by atoms with Crippen molar-refractivity contribution in [1.82, 2.24) is 9.80 Å². The number of thioether (sulfide) groups is 1. The quantitative estimate of drug-likeness (QED) is 0.523. The second-order valence-corrected chi connectivity index (χ2v) is 8.90. The average molecular weight is 480 g/mol. The van der Waals surface area contributed by atoms with Gasteiger partial charge in [0.1, 0.15) is 5.82 Å². The number of carbonyl (C=O) groups is 2. The standard InChI is InChI=1S/C26H26FN3O3S/c1-4-21-23(25(32)33-3)24(18-11-8-12-19(27)13-18)30-20(16-34-26(30)28-21)14-22(31)29(2)15-17-9-6-5-7-10-17/h5-13,16,24H,4,14-15H2,1-3H3. The van der Waals surface area contributed by atoms with Crippen LogP contribution < -0.4 is 0 Å². The number of methoxy groups -OCH3 is 1. The smallest absolute Gasteiger partial charge is 0.338 e. The normalized spacial score (nSPS) is 17.2. The van der Waals surface area contributed by atoms with E-state index in [1.54, 1.807) is 24.1 Å². The second-order valence-electron chi connectivity index (χ2n) is 8.07. The highest BCUT2D eigenvalue weighted by atomic mass is 32.2. The highest BCUT2D eigenvalue weighted by Gasteiger charge is 2.41. The Morgan fingerprint density at radius 3 is 2.62 bits per heavy atom. The summed E-state index contributed by atoms with van der Waals surface area (Å²) in [6, 6.07) is 15.3. The number of aliphatic imine (C=N–C) groups is 1. The Morgan fingerprint density at radius 2 is 1.94 bits per heavy atom. The molecule has 0 bridgehead atoms. The van der Waals surface area contributed by atoms with Crippen molar-refractivity contribution in [3.05, 3.63) is 93.9 Å². The minimum Gasteiger partial charge on any atom is -0.466 e. The molecule has 1 amide bonds. The number of benzene rings is 2. The van der Waals surface area contributed by atoms with Crippen molar-refractivity contribution in [3.8, 4) is 0 Å². The van der Waals surface area contributed by atoms with Crippen LogP contribution in [0, 0.1) is 5.82 Å². The number of nitrogens with zero attached hydrogens (tertiary/aromatic N) is 3. The van der Waals surface area contributed by atoms with Crippen LogP contribution in [0.25, 0.3) is 0 Å². The molecule has 0 N–H and O–H groups in total. The zero-order valence-corrected chi connectivity index (χ0v) is 20.1. The van der Waals surface area contributed by atoms with Gasteiger partial charge in [-0.1, -0.05) is 61.2 Å². The van der Waals surface area contributed by atoms with E-state index in [1.165, 1.54) is 31.0 Å². The van der Waals surface area contributed by atoms with E-state index in [-0.39, 0.29) is 12.3 Å². The molecule has 8 heteroatoms. The van der Waals surface area contributed by atoms with Gasteiger partial charge in [0, 0.05) is 19.3 Å². The molecule has 34 heavy (non-hydrogen) atoms. The van der Waals surface area contributed by atoms with Crippen LogP contribution in [-0.4, -0.2) is 41.0 Å². The maximum atomic E-state index is 14.2. The molecule has 2 aromatic rings. The Bertz CT molecular complexity index is 1190.